The highest BCUT2D eigenvalue weighted by Gasteiger charge is 2.05. The second kappa shape index (κ2) is 8.91. The van der Waals surface area contributed by atoms with Gasteiger partial charge in [0, 0.05) is 23.1 Å². The summed E-state index contributed by atoms with van der Waals surface area (Å²) in [5, 5.41) is 4.01. The van der Waals surface area contributed by atoms with Crippen LogP contribution in [-0.2, 0) is 0 Å². The molecule has 0 fully saturated rings. The van der Waals surface area contributed by atoms with Crippen LogP contribution in [0.1, 0.15) is 31.9 Å². The zero-order valence-corrected chi connectivity index (χ0v) is 15.6. The molecular weight excluding hydrogens is 308 g/mol. The van der Waals surface area contributed by atoms with Crippen LogP contribution in [0, 0.1) is 6.92 Å². The number of hydrogen-bond acceptors (Lipinski definition) is 4. The highest BCUT2D eigenvalue weighted by atomic mass is 32.2. The molecule has 1 rings (SSSR count). The minimum Gasteiger partial charge on any atom is -0.394 e. The van der Waals surface area contributed by atoms with E-state index in [4.69, 9.17) is 4.99 Å². The number of rotatable bonds is 5. The molecule has 0 spiro atoms. The minimum absolute atomic E-state index is 0.977. The number of allylic oxidation sites excluding steroid dienone is 2. The van der Waals surface area contributed by atoms with E-state index in [9.17, 15) is 0 Å². The SMILES string of the molecule is C=Cc1ccc(C)c(N=C(C)S/C(C)=C(S)\C(C)=C/NC)c1. The van der Waals surface area contributed by atoms with Crippen molar-refractivity contribution in [3.63, 3.8) is 0 Å². The highest BCUT2D eigenvalue weighted by Crippen LogP contribution is 2.29. The molecule has 0 unspecified atom stereocenters. The Morgan fingerprint density at radius 1 is 1.32 bits per heavy atom. The van der Waals surface area contributed by atoms with Crippen molar-refractivity contribution >= 4 is 41.2 Å². The third-order valence-corrected chi connectivity index (χ3v) is 4.85. The summed E-state index contributed by atoms with van der Waals surface area (Å²) in [4.78, 5) is 6.83. The van der Waals surface area contributed by atoms with E-state index in [1.54, 1.807) is 11.8 Å². The molecule has 0 heterocycles. The van der Waals surface area contributed by atoms with Gasteiger partial charge in [-0.15, -0.1) is 12.6 Å². The van der Waals surface area contributed by atoms with Gasteiger partial charge in [-0.05, 0) is 50.5 Å². The van der Waals surface area contributed by atoms with E-state index in [0.717, 1.165) is 37.2 Å². The maximum atomic E-state index is 4.72. The maximum Gasteiger partial charge on any atom is 0.0752 e. The van der Waals surface area contributed by atoms with Gasteiger partial charge in [0.2, 0.25) is 0 Å². The molecule has 0 amide bonds. The number of hydrogen-bond donors (Lipinski definition) is 2. The zero-order chi connectivity index (χ0) is 16.7. The molecule has 1 N–H and O–H groups in total. The first kappa shape index (κ1) is 18.7. The lowest BCUT2D eigenvalue weighted by Gasteiger charge is -2.08. The van der Waals surface area contributed by atoms with Gasteiger partial charge < -0.3 is 5.32 Å². The second-order valence-electron chi connectivity index (χ2n) is 5.00. The lowest BCUT2D eigenvalue weighted by atomic mass is 10.1. The Labute approximate surface area is 143 Å². The Bertz CT molecular complexity index is 640. The van der Waals surface area contributed by atoms with Gasteiger partial charge in [0.05, 0.1) is 10.7 Å². The van der Waals surface area contributed by atoms with Gasteiger partial charge in [0.25, 0.3) is 0 Å². The fraction of sp³-hybridized carbons (Fsp3) is 0.278. The third kappa shape index (κ3) is 5.43. The largest absolute Gasteiger partial charge is 0.394 e. The van der Waals surface area contributed by atoms with Gasteiger partial charge in [-0.25, -0.2) is 4.99 Å². The summed E-state index contributed by atoms with van der Waals surface area (Å²) in [6.45, 7) is 12.0. The van der Waals surface area contributed by atoms with Crippen LogP contribution in [0.25, 0.3) is 6.08 Å². The summed E-state index contributed by atoms with van der Waals surface area (Å²) in [7, 11) is 1.88. The summed E-state index contributed by atoms with van der Waals surface area (Å²) in [6, 6.07) is 6.17. The van der Waals surface area contributed by atoms with Crippen LogP contribution in [0.2, 0.25) is 0 Å². The predicted octanol–water partition coefficient (Wildman–Crippen LogP) is 5.71. The van der Waals surface area contributed by atoms with Crippen molar-refractivity contribution in [3.05, 3.63) is 57.5 Å². The summed E-state index contributed by atoms with van der Waals surface area (Å²) in [6.07, 6.45) is 3.78. The van der Waals surface area contributed by atoms with Gasteiger partial charge >= 0.3 is 0 Å². The number of benzene rings is 1. The Morgan fingerprint density at radius 3 is 2.59 bits per heavy atom. The van der Waals surface area contributed by atoms with E-state index >= 15 is 0 Å². The Balaban J connectivity index is 3.02. The summed E-state index contributed by atoms with van der Waals surface area (Å²) in [5.74, 6) is 0. The normalized spacial score (nSPS) is 13.7. The lowest BCUT2D eigenvalue weighted by Crippen LogP contribution is -1.95. The topological polar surface area (TPSA) is 24.4 Å². The molecule has 0 aromatic heterocycles. The zero-order valence-electron chi connectivity index (χ0n) is 13.9. The fourth-order valence-electron chi connectivity index (χ4n) is 1.90. The number of aliphatic imine (C=N–C) groups is 1. The molecule has 4 heteroatoms. The average molecular weight is 333 g/mol. The van der Waals surface area contributed by atoms with E-state index in [1.807, 2.05) is 39.2 Å². The van der Waals surface area contributed by atoms with E-state index in [2.05, 4.69) is 50.5 Å². The molecule has 1 aromatic carbocycles. The number of thiol groups is 1. The maximum absolute atomic E-state index is 4.72. The van der Waals surface area contributed by atoms with Crippen LogP contribution in [0.4, 0.5) is 5.69 Å². The van der Waals surface area contributed by atoms with E-state index < -0.39 is 0 Å². The van der Waals surface area contributed by atoms with Crippen molar-refractivity contribution in [1.29, 1.82) is 0 Å². The number of nitrogens with one attached hydrogen (secondary N) is 1. The van der Waals surface area contributed by atoms with Crippen molar-refractivity contribution in [2.45, 2.75) is 27.7 Å². The predicted molar refractivity (Wildman–Crippen MR) is 106 cm³/mol. The Morgan fingerprint density at radius 2 is 2.00 bits per heavy atom. The molecule has 2 nitrogen and oxygen atoms in total. The minimum atomic E-state index is 0.977. The first-order valence-corrected chi connectivity index (χ1v) is 8.36. The molecule has 118 valence electrons. The molecule has 0 bridgehead atoms. The fourth-order valence-corrected chi connectivity index (χ4v) is 2.94. The molecular formula is C18H24N2S2. The van der Waals surface area contributed by atoms with Crippen LogP contribution in [0.15, 0.2) is 51.4 Å². The van der Waals surface area contributed by atoms with Crippen molar-refractivity contribution in [1.82, 2.24) is 5.32 Å². The standard InChI is InChI=1S/C18H24N2S2/c1-7-16-9-8-12(2)17(10-16)20-15(5)22-14(4)18(21)13(3)11-19-6/h7-11,19,21H,1H2,2-6H3/b13-11-,18-14+,20-15?. The third-order valence-electron chi connectivity index (χ3n) is 3.12. The molecule has 0 saturated heterocycles. The second-order valence-corrected chi connectivity index (χ2v) is 6.86. The molecule has 0 saturated carbocycles. The van der Waals surface area contributed by atoms with E-state index in [1.165, 1.54) is 0 Å². The van der Waals surface area contributed by atoms with E-state index in [-0.39, 0.29) is 0 Å². The molecule has 0 aliphatic heterocycles. The van der Waals surface area contributed by atoms with Crippen LogP contribution < -0.4 is 5.32 Å². The van der Waals surface area contributed by atoms with Gasteiger partial charge in [-0.1, -0.05) is 36.5 Å². The van der Waals surface area contributed by atoms with Gasteiger partial charge in [-0.2, -0.15) is 0 Å². The van der Waals surface area contributed by atoms with Crippen LogP contribution in [0.5, 0.6) is 0 Å². The van der Waals surface area contributed by atoms with E-state index in [0.29, 0.717) is 0 Å². The van der Waals surface area contributed by atoms with Crippen molar-refractivity contribution in [3.8, 4) is 0 Å². The molecule has 0 aliphatic rings. The molecule has 0 atom stereocenters. The van der Waals surface area contributed by atoms with Gasteiger partial charge in [0.1, 0.15) is 0 Å². The van der Waals surface area contributed by atoms with Gasteiger partial charge in [0.15, 0.2) is 0 Å². The number of nitrogens with zero attached hydrogens (tertiary/aromatic N) is 1. The quantitative estimate of drug-likeness (QED) is 0.312. The Hall–Kier alpha value is -1.39. The number of aryl methyl sites for hydroxylation is 1. The first-order valence-electron chi connectivity index (χ1n) is 7.09. The van der Waals surface area contributed by atoms with Crippen LogP contribution in [-0.4, -0.2) is 12.1 Å². The molecule has 0 aliphatic carbocycles. The van der Waals surface area contributed by atoms with Crippen molar-refractivity contribution in [2.24, 2.45) is 4.99 Å². The van der Waals surface area contributed by atoms with Crippen molar-refractivity contribution < 1.29 is 0 Å². The summed E-state index contributed by atoms with van der Waals surface area (Å²) < 4.78 is 0. The smallest absolute Gasteiger partial charge is 0.0752 e. The molecule has 1 aromatic rings. The van der Waals surface area contributed by atoms with Crippen LogP contribution >= 0.6 is 24.4 Å². The highest BCUT2D eigenvalue weighted by molar-refractivity contribution is 8.17. The average Bonchev–Trinajstić information content (AvgIpc) is 2.48. The summed E-state index contributed by atoms with van der Waals surface area (Å²) in [5.41, 5.74) is 4.33. The molecule has 22 heavy (non-hydrogen) atoms. The lowest BCUT2D eigenvalue weighted by molar-refractivity contribution is 1.08. The van der Waals surface area contributed by atoms with Crippen LogP contribution in [0.3, 0.4) is 0 Å². The summed E-state index contributed by atoms with van der Waals surface area (Å²) >= 11 is 6.23. The first-order chi connectivity index (χ1) is 10.4. The monoisotopic (exact) mass is 332 g/mol. The van der Waals surface area contributed by atoms with Gasteiger partial charge in [-0.3, -0.25) is 0 Å². The van der Waals surface area contributed by atoms with Crippen molar-refractivity contribution in [2.75, 3.05) is 7.05 Å². The number of thioether (sulfide) groups is 1. The molecule has 0 radical (unpaired) electrons. The Kier molecular flexibility index (Phi) is 7.56.